The summed E-state index contributed by atoms with van der Waals surface area (Å²) in [6, 6.07) is 1.74. The van der Waals surface area contributed by atoms with Gasteiger partial charge in [-0.05, 0) is 11.6 Å². The predicted molar refractivity (Wildman–Crippen MR) is 63.1 cm³/mol. The second-order valence-electron chi connectivity index (χ2n) is 3.63. The molecule has 0 aliphatic rings. The first-order valence-electron chi connectivity index (χ1n) is 5.30. The van der Waals surface area contributed by atoms with E-state index in [1.165, 1.54) is 0 Å². The molecule has 1 rings (SSSR count). The normalized spacial score (nSPS) is 12.6. The van der Waals surface area contributed by atoms with Crippen LogP contribution in [0.15, 0.2) is 18.5 Å². The molecule has 16 heavy (non-hydrogen) atoms. The Hall–Kier alpha value is -1.17. The third kappa shape index (κ3) is 4.57. The average Bonchev–Trinajstić information content (AvgIpc) is 2.28. The van der Waals surface area contributed by atoms with Gasteiger partial charge in [0.15, 0.2) is 0 Å². The van der Waals surface area contributed by atoms with E-state index in [0.717, 1.165) is 12.1 Å². The highest BCUT2D eigenvalue weighted by atomic mass is 16.5. The van der Waals surface area contributed by atoms with Crippen LogP contribution in [0.3, 0.4) is 0 Å². The number of aliphatic hydroxyl groups is 1. The first-order chi connectivity index (χ1) is 7.74. The third-order valence-corrected chi connectivity index (χ3v) is 2.26. The molecule has 0 bridgehead atoms. The minimum Gasteiger partial charge on any atom is -0.398 e. The Kier molecular flexibility index (Phi) is 5.77. The first kappa shape index (κ1) is 12.9. The van der Waals surface area contributed by atoms with E-state index in [-0.39, 0.29) is 0 Å². The Morgan fingerprint density at radius 3 is 3.12 bits per heavy atom. The van der Waals surface area contributed by atoms with E-state index in [2.05, 4.69) is 10.3 Å². The zero-order valence-electron chi connectivity index (χ0n) is 9.52. The molecule has 0 radical (unpaired) electrons. The number of methoxy groups -OCH3 is 1. The van der Waals surface area contributed by atoms with Gasteiger partial charge in [0.2, 0.25) is 0 Å². The number of hydrogen-bond acceptors (Lipinski definition) is 5. The molecule has 0 fully saturated rings. The van der Waals surface area contributed by atoms with Crippen molar-refractivity contribution in [3.63, 3.8) is 0 Å². The van der Waals surface area contributed by atoms with Crippen LogP contribution in [-0.4, -0.2) is 43.0 Å². The number of hydrogen-bond donors (Lipinski definition) is 3. The van der Waals surface area contributed by atoms with Gasteiger partial charge in [-0.25, -0.2) is 0 Å². The lowest BCUT2D eigenvalue weighted by atomic mass is 10.1. The summed E-state index contributed by atoms with van der Waals surface area (Å²) < 4.78 is 4.89. The van der Waals surface area contributed by atoms with Gasteiger partial charge >= 0.3 is 0 Å². The van der Waals surface area contributed by atoms with Gasteiger partial charge in [-0.3, -0.25) is 4.98 Å². The summed E-state index contributed by atoms with van der Waals surface area (Å²) in [5.74, 6) is 0. The van der Waals surface area contributed by atoms with Gasteiger partial charge in [-0.1, -0.05) is 0 Å². The molecule has 0 amide bonds. The van der Waals surface area contributed by atoms with Crippen molar-refractivity contribution >= 4 is 5.69 Å². The molecule has 0 spiro atoms. The SMILES string of the molecule is COCCNCC(O)Cc1cnccc1N. The molecular formula is C11H19N3O2. The van der Waals surface area contributed by atoms with Crippen molar-refractivity contribution in [1.82, 2.24) is 10.3 Å². The molecule has 4 N–H and O–H groups in total. The van der Waals surface area contributed by atoms with E-state index < -0.39 is 6.10 Å². The molecule has 90 valence electrons. The van der Waals surface area contributed by atoms with Crippen molar-refractivity contribution < 1.29 is 9.84 Å². The summed E-state index contributed by atoms with van der Waals surface area (Å²) in [6.45, 7) is 1.90. The number of rotatable bonds is 7. The van der Waals surface area contributed by atoms with E-state index in [1.807, 2.05) is 0 Å². The Morgan fingerprint density at radius 1 is 1.62 bits per heavy atom. The van der Waals surface area contributed by atoms with Crippen molar-refractivity contribution in [3.05, 3.63) is 24.0 Å². The maximum Gasteiger partial charge on any atom is 0.0706 e. The van der Waals surface area contributed by atoms with E-state index >= 15 is 0 Å². The number of aromatic nitrogens is 1. The van der Waals surface area contributed by atoms with Crippen LogP contribution >= 0.6 is 0 Å². The number of nitrogen functional groups attached to an aromatic ring is 1. The molecule has 0 aliphatic heterocycles. The highest BCUT2D eigenvalue weighted by molar-refractivity contribution is 5.44. The molecule has 5 nitrogen and oxygen atoms in total. The first-order valence-corrected chi connectivity index (χ1v) is 5.30. The Labute approximate surface area is 95.6 Å². The van der Waals surface area contributed by atoms with E-state index in [0.29, 0.717) is 25.3 Å². The van der Waals surface area contributed by atoms with Gasteiger partial charge in [0.05, 0.1) is 12.7 Å². The lowest BCUT2D eigenvalue weighted by Gasteiger charge is -2.12. The highest BCUT2D eigenvalue weighted by Gasteiger charge is 2.07. The van der Waals surface area contributed by atoms with Crippen molar-refractivity contribution in [2.75, 3.05) is 32.5 Å². The monoisotopic (exact) mass is 225 g/mol. The van der Waals surface area contributed by atoms with Gasteiger partial charge in [-0.2, -0.15) is 0 Å². The molecule has 0 saturated heterocycles. The maximum absolute atomic E-state index is 9.74. The van der Waals surface area contributed by atoms with Gasteiger partial charge in [-0.15, -0.1) is 0 Å². The maximum atomic E-state index is 9.74. The molecule has 1 heterocycles. The van der Waals surface area contributed by atoms with Crippen LogP contribution in [0.5, 0.6) is 0 Å². The quantitative estimate of drug-likeness (QED) is 0.560. The Morgan fingerprint density at radius 2 is 2.44 bits per heavy atom. The predicted octanol–water partition coefficient (Wildman–Crippen LogP) is -0.197. The van der Waals surface area contributed by atoms with Gasteiger partial charge in [0.1, 0.15) is 0 Å². The minimum absolute atomic E-state index is 0.455. The van der Waals surface area contributed by atoms with Crippen LogP contribution in [0, 0.1) is 0 Å². The lowest BCUT2D eigenvalue weighted by Crippen LogP contribution is -2.30. The van der Waals surface area contributed by atoms with Crippen LogP contribution < -0.4 is 11.1 Å². The standard InChI is InChI=1S/C11H19N3O2/c1-16-5-4-14-8-10(15)6-9-7-13-3-2-11(9)12/h2-3,7,10,14-15H,4-6,8H2,1H3,(H2,12,13). The molecule has 1 unspecified atom stereocenters. The molecule has 0 saturated carbocycles. The Balaban J connectivity index is 2.28. The molecule has 0 aromatic carbocycles. The summed E-state index contributed by atoms with van der Waals surface area (Å²) in [7, 11) is 1.65. The lowest BCUT2D eigenvalue weighted by molar-refractivity contribution is 0.160. The summed E-state index contributed by atoms with van der Waals surface area (Å²) in [4.78, 5) is 3.98. The van der Waals surface area contributed by atoms with E-state index in [1.54, 1.807) is 25.6 Å². The summed E-state index contributed by atoms with van der Waals surface area (Å²) in [5, 5.41) is 12.8. The number of anilines is 1. The second kappa shape index (κ2) is 7.16. The van der Waals surface area contributed by atoms with Crippen LogP contribution in [0.4, 0.5) is 5.69 Å². The summed E-state index contributed by atoms with van der Waals surface area (Å²) in [6.07, 6.45) is 3.39. The van der Waals surface area contributed by atoms with Crippen molar-refractivity contribution in [2.24, 2.45) is 0 Å². The van der Waals surface area contributed by atoms with Crippen molar-refractivity contribution in [2.45, 2.75) is 12.5 Å². The molecular weight excluding hydrogens is 206 g/mol. The fraction of sp³-hybridized carbons (Fsp3) is 0.545. The zero-order chi connectivity index (χ0) is 11.8. The highest BCUT2D eigenvalue weighted by Crippen LogP contribution is 2.10. The van der Waals surface area contributed by atoms with Crippen LogP contribution in [0.2, 0.25) is 0 Å². The van der Waals surface area contributed by atoms with Crippen molar-refractivity contribution in [3.8, 4) is 0 Å². The van der Waals surface area contributed by atoms with Gasteiger partial charge in [0.25, 0.3) is 0 Å². The number of nitrogens with one attached hydrogen (secondary N) is 1. The smallest absolute Gasteiger partial charge is 0.0706 e. The Bertz CT molecular complexity index is 307. The summed E-state index contributed by atoms with van der Waals surface area (Å²) in [5.41, 5.74) is 7.30. The molecule has 0 aliphatic carbocycles. The molecule has 1 aromatic rings. The van der Waals surface area contributed by atoms with Gasteiger partial charge < -0.3 is 20.9 Å². The third-order valence-electron chi connectivity index (χ3n) is 2.26. The number of ether oxygens (including phenoxy) is 1. The van der Waals surface area contributed by atoms with E-state index in [4.69, 9.17) is 10.5 Å². The number of pyridine rings is 1. The number of nitrogens with two attached hydrogens (primary N) is 1. The number of aliphatic hydroxyl groups excluding tert-OH is 1. The largest absolute Gasteiger partial charge is 0.398 e. The zero-order valence-corrected chi connectivity index (χ0v) is 9.52. The molecule has 1 atom stereocenters. The second-order valence-corrected chi connectivity index (χ2v) is 3.63. The minimum atomic E-state index is -0.455. The molecule has 1 aromatic heterocycles. The van der Waals surface area contributed by atoms with Crippen LogP contribution in [0.1, 0.15) is 5.56 Å². The summed E-state index contributed by atoms with van der Waals surface area (Å²) >= 11 is 0. The van der Waals surface area contributed by atoms with E-state index in [9.17, 15) is 5.11 Å². The van der Waals surface area contributed by atoms with Crippen LogP contribution in [0.25, 0.3) is 0 Å². The fourth-order valence-corrected chi connectivity index (χ4v) is 1.38. The van der Waals surface area contributed by atoms with Crippen molar-refractivity contribution in [1.29, 1.82) is 0 Å². The van der Waals surface area contributed by atoms with Gasteiger partial charge in [0, 0.05) is 44.7 Å². The van der Waals surface area contributed by atoms with Crippen LogP contribution in [-0.2, 0) is 11.2 Å². The number of nitrogens with zero attached hydrogens (tertiary/aromatic N) is 1. The average molecular weight is 225 g/mol. The topological polar surface area (TPSA) is 80.4 Å². The fourth-order valence-electron chi connectivity index (χ4n) is 1.38. The molecule has 5 heteroatoms.